The number of hydrogen-bond donors (Lipinski definition) is 3. The monoisotopic (exact) mass is 398 g/mol. The van der Waals surface area contributed by atoms with E-state index in [4.69, 9.17) is 9.84 Å². The maximum Gasteiger partial charge on any atom is 0.331 e. The van der Waals surface area contributed by atoms with Gasteiger partial charge in [-0.2, -0.15) is 0 Å². The van der Waals surface area contributed by atoms with E-state index in [1.165, 1.54) is 6.08 Å². The number of ether oxygens (including phenoxy) is 2. The first-order valence-electron chi connectivity index (χ1n) is 8.89. The molecule has 9 nitrogen and oxygen atoms in total. The zero-order valence-corrected chi connectivity index (χ0v) is 16.6. The van der Waals surface area contributed by atoms with Crippen LogP contribution in [0.4, 0.5) is 0 Å². The molecule has 0 aliphatic rings. The Balaban J connectivity index is 5.11. The smallest absolute Gasteiger partial charge is 0.331 e. The van der Waals surface area contributed by atoms with Crippen LogP contribution in [0.1, 0.15) is 26.7 Å². The number of hydrogen-bond acceptors (Lipinski definition) is 7. The topological polar surface area (TPSA) is 131 Å². The third-order valence-corrected chi connectivity index (χ3v) is 3.81. The molecule has 0 heterocycles. The largest absolute Gasteiger partial charge is 0.467 e. The third kappa shape index (κ3) is 8.81. The van der Waals surface area contributed by atoms with Crippen molar-refractivity contribution in [1.82, 2.24) is 10.6 Å². The molecule has 0 aliphatic heterocycles. The summed E-state index contributed by atoms with van der Waals surface area (Å²) in [5.41, 5.74) is 0. The molecule has 3 N–H and O–H groups in total. The lowest BCUT2D eigenvalue weighted by atomic mass is 10.0. The van der Waals surface area contributed by atoms with Crippen molar-refractivity contribution in [1.29, 1.82) is 0 Å². The van der Waals surface area contributed by atoms with Gasteiger partial charge in [0.25, 0.3) is 0 Å². The number of carbonyl (C=O) groups is 4. The van der Waals surface area contributed by atoms with Gasteiger partial charge in [0.15, 0.2) is 6.04 Å². The van der Waals surface area contributed by atoms with Gasteiger partial charge in [-0.3, -0.25) is 14.4 Å². The molecule has 0 rings (SSSR count). The van der Waals surface area contributed by atoms with E-state index in [1.54, 1.807) is 19.9 Å². The number of esters is 2. The molecule has 0 bridgehead atoms. The van der Waals surface area contributed by atoms with E-state index in [0.29, 0.717) is 6.42 Å². The Hall–Kier alpha value is -2.68. The van der Waals surface area contributed by atoms with Gasteiger partial charge < -0.3 is 25.2 Å². The van der Waals surface area contributed by atoms with Gasteiger partial charge in [0, 0.05) is 6.04 Å². The van der Waals surface area contributed by atoms with Gasteiger partial charge in [0.05, 0.1) is 19.6 Å². The van der Waals surface area contributed by atoms with Crippen LogP contribution in [-0.4, -0.2) is 61.3 Å². The molecular weight excluding hydrogens is 368 g/mol. The first-order valence-corrected chi connectivity index (χ1v) is 8.89. The number of amides is 2. The summed E-state index contributed by atoms with van der Waals surface area (Å²) >= 11 is 0. The van der Waals surface area contributed by atoms with Gasteiger partial charge in [-0.25, -0.2) is 4.79 Å². The summed E-state index contributed by atoms with van der Waals surface area (Å²) in [6.07, 6.45) is 3.37. The van der Waals surface area contributed by atoms with Crippen molar-refractivity contribution in [2.24, 2.45) is 11.8 Å². The van der Waals surface area contributed by atoms with Crippen molar-refractivity contribution in [3.8, 4) is 0 Å². The molecule has 0 saturated carbocycles. The second kappa shape index (κ2) is 13.5. The standard InChI is InChI=1S/C19H30N2O7/c1-6-8-12(3)18(25)28-11-15(19(26)27-5)21-17(24)14(9-7-2)16(23)20-13(4)10-22/h6-7,12-15,22H,1-2,8-11H2,3-5H3,(H,20,23)(H,21,24)/t12-,13+,14?,15+/m0/s1. The van der Waals surface area contributed by atoms with E-state index >= 15 is 0 Å². The molecule has 1 unspecified atom stereocenters. The number of nitrogens with one attached hydrogen (secondary N) is 2. The summed E-state index contributed by atoms with van der Waals surface area (Å²) in [4.78, 5) is 48.6. The van der Waals surface area contributed by atoms with Gasteiger partial charge in [0.2, 0.25) is 11.8 Å². The molecule has 0 aromatic rings. The lowest BCUT2D eigenvalue weighted by molar-refractivity contribution is -0.155. The highest BCUT2D eigenvalue weighted by Crippen LogP contribution is 2.08. The Morgan fingerprint density at radius 2 is 1.57 bits per heavy atom. The van der Waals surface area contributed by atoms with Gasteiger partial charge in [0.1, 0.15) is 12.5 Å². The number of rotatable bonds is 13. The second-order valence-electron chi connectivity index (χ2n) is 6.31. The van der Waals surface area contributed by atoms with E-state index < -0.39 is 54.3 Å². The van der Waals surface area contributed by atoms with Crippen molar-refractivity contribution < 1.29 is 33.8 Å². The molecule has 2 amide bonds. The number of aliphatic hydroxyl groups is 1. The van der Waals surface area contributed by atoms with Crippen LogP contribution in [0, 0.1) is 11.8 Å². The zero-order chi connectivity index (χ0) is 21.7. The summed E-state index contributed by atoms with van der Waals surface area (Å²) in [6.45, 7) is 9.53. The quantitative estimate of drug-likeness (QED) is 0.228. The van der Waals surface area contributed by atoms with Crippen molar-refractivity contribution in [3.05, 3.63) is 25.3 Å². The number of methoxy groups -OCH3 is 1. The molecule has 0 aromatic carbocycles. The fraction of sp³-hybridized carbons (Fsp3) is 0.579. The second-order valence-corrected chi connectivity index (χ2v) is 6.31. The molecule has 0 radical (unpaired) electrons. The van der Waals surface area contributed by atoms with Crippen molar-refractivity contribution >= 4 is 23.8 Å². The van der Waals surface area contributed by atoms with E-state index in [2.05, 4.69) is 28.5 Å². The number of aliphatic hydroxyl groups excluding tert-OH is 1. The first kappa shape index (κ1) is 25.3. The minimum Gasteiger partial charge on any atom is -0.467 e. The molecular formula is C19H30N2O7. The molecule has 0 aromatic heterocycles. The van der Waals surface area contributed by atoms with E-state index in [1.807, 2.05) is 0 Å². The van der Waals surface area contributed by atoms with Gasteiger partial charge >= 0.3 is 11.9 Å². The predicted octanol–water partition coefficient (Wildman–Crippen LogP) is 0.0889. The lowest BCUT2D eigenvalue weighted by Crippen LogP contribution is -2.51. The van der Waals surface area contributed by atoms with Gasteiger partial charge in [-0.05, 0) is 19.8 Å². The van der Waals surface area contributed by atoms with Crippen LogP contribution in [0.2, 0.25) is 0 Å². The molecule has 158 valence electrons. The molecule has 4 atom stereocenters. The van der Waals surface area contributed by atoms with Crippen LogP contribution in [0.3, 0.4) is 0 Å². The summed E-state index contributed by atoms with van der Waals surface area (Å²) in [6, 6.07) is -1.82. The molecule has 0 aliphatic carbocycles. The maximum absolute atomic E-state index is 12.5. The predicted molar refractivity (Wildman–Crippen MR) is 102 cm³/mol. The molecule has 28 heavy (non-hydrogen) atoms. The zero-order valence-electron chi connectivity index (χ0n) is 16.6. The Bertz CT molecular complexity index is 577. The van der Waals surface area contributed by atoms with E-state index in [0.717, 1.165) is 7.11 Å². The average Bonchev–Trinajstić information content (AvgIpc) is 2.67. The number of allylic oxidation sites excluding steroid dienone is 2. The summed E-state index contributed by atoms with van der Waals surface area (Å²) in [5, 5.41) is 13.9. The SMILES string of the molecule is C=CCC(C(=O)N[C@H](C)CO)C(=O)N[C@H](COC(=O)[C@@H](C)CC=C)C(=O)OC. The molecule has 0 fully saturated rings. The highest BCUT2D eigenvalue weighted by molar-refractivity contribution is 6.01. The fourth-order valence-corrected chi connectivity index (χ4v) is 2.13. The molecule has 0 saturated heterocycles. The minimum atomic E-state index is -1.27. The van der Waals surface area contributed by atoms with E-state index in [-0.39, 0.29) is 13.0 Å². The van der Waals surface area contributed by atoms with Crippen molar-refractivity contribution in [3.63, 3.8) is 0 Å². The normalized spacial score (nSPS) is 14.6. The van der Waals surface area contributed by atoms with Crippen LogP contribution in [0.15, 0.2) is 25.3 Å². The Labute approximate surface area is 165 Å². The molecule has 0 spiro atoms. The third-order valence-electron chi connectivity index (χ3n) is 3.81. The minimum absolute atomic E-state index is 0.0138. The Morgan fingerprint density at radius 3 is 2.07 bits per heavy atom. The summed E-state index contributed by atoms with van der Waals surface area (Å²) in [7, 11) is 1.13. The molecule has 9 heteroatoms. The number of carbonyl (C=O) groups excluding carboxylic acids is 4. The van der Waals surface area contributed by atoms with Crippen LogP contribution in [-0.2, 0) is 28.7 Å². The summed E-state index contributed by atoms with van der Waals surface area (Å²) in [5.74, 6) is -4.38. The fourth-order valence-electron chi connectivity index (χ4n) is 2.13. The first-order chi connectivity index (χ1) is 13.2. The Kier molecular flexibility index (Phi) is 12.2. The van der Waals surface area contributed by atoms with Crippen LogP contribution in [0.25, 0.3) is 0 Å². The highest BCUT2D eigenvalue weighted by Gasteiger charge is 2.31. The average molecular weight is 398 g/mol. The van der Waals surface area contributed by atoms with Crippen LogP contribution < -0.4 is 10.6 Å². The van der Waals surface area contributed by atoms with E-state index in [9.17, 15) is 19.2 Å². The maximum atomic E-state index is 12.5. The highest BCUT2D eigenvalue weighted by atomic mass is 16.5. The van der Waals surface area contributed by atoms with Crippen LogP contribution in [0.5, 0.6) is 0 Å². The van der Waals surface area contributed by atoms with Crippen molar-refractivity contribution in [2.75, 3.05) is 20.3 Å². The van der Waals surface area contributed by atoms with Crippen molar-refractivity contribution in [2.45, 2.75) is 38.8 Å². The summed E-state index contributed by atoms with van der Waals surface area (Å²) < 4.78 is 9.69. The van der Waals surface area contributed by atoms with Gasteiger partial charge in [-0.15, -0.1) is 13.2 Å². The lowest BCUT2D eigenvalue weighted by Gasteiger charge is -2.22. The Morgan fingerprint density at radius 1 is 1.00 bits per heavy atom. The van der Waals surface area contributed by atoms with Crippen LogP contribution >= 0.6 is 0 Å². The van der Waals surface area contributed by atoms with Gasteiger partial charge in [-0.1, -0.05) is 19.1 Å².